The fraction of sp³-hybridized carbons (Fsp3) is 0.280. The first-order valence-corrected chi connectivity index (χ1v) is 11.7. The van der Waals surface area contributed by atoms with Crippen molar-refractivity contribution in [2.24, 2.45) is 0 Å². The molecule has 0 aliphatic carbocycles. The minimum atomic E-state index is -0.319. The number of anilines is 1. The number of morpholine rings is 1. The largest absolute Gasteiger partial charge is 0.496 e. The fourth-order valence-corrected chi connectivity index (χ4v) is 5.07. The molecule has 1 aromatic heterocycles. The van der Waals surface area contributed by atoms with Gasteiger partial charge in [-0.2, -0.15) is 0 Å². The van der Waals surface area contributed by atoms with E-state index < -0.39 is 0 Å². The number of benzene rings is 3. The lowest BCUT2D eigenvalue weighted by Gasteiger charge is -2.29. The van der Waals surface area contributed by atoms with Gasteiger partial charge in [-0.15, -0.1) is 0 Å². The Morgan fingerprint density at radius 3 is 2.67 bits per heavy atom. The Balaban J connectivity index is 1.53. The predicted molar refractivity (Wildman–Crippen MR) is 129 cm³/mol. The van der Waals surface area contributed by atoms with E-state index in [1.165, 1.54) is 23.5 Å². The molecule has 0 bridgehead atoms. The lowest BCUT2D eigenvalue weighted by Crippen LogP contribution is -2.43. The van der Waals surface area contributed by atoms with Gasteiger partial charge < -0.3 is 9.47 Å². The van der Waals surface area contributed by atoms with Crippen molar-refractivity contribution in [1.82, 2.24) is 9.88 Å². The molecule has 0 unspecified atom stereocenters. The number of aromatic nitrogens is 1. The number of methoxy groups -OCH3 is 1. The van der Waals surface area contributed by atoms with Gasteiger partial charge in [0, 0.05) is 26.2 Å². The van der Waals surface area contributed by atoms with Gasteiger partial charge in [0.15, 0.2) is 5.13 Å². The molecule has 33 heavy (non-hydrogen) atoms. The second kappa shape index (κ2) is 9.43. The molecule has 0 atom stereocenters. The van der Waals surface area contributed by atoms with Crippen LogP contribution in [0.2, 0.25) is 0 Å². The van der Waals surface area contributed by atoms with Crippen LogP contribution in [-0.4, -0.2) is 62.3 Å². The number of halogens is 1. The molecule has 3 aromatic carbocycles. The van der Waals surface area contributed by atoms with Crippen LogP contribution in [0.4, 0.5) is 9.52 Å². The highest BCUT2D eigenvalue weighted by Crippen LogP contribution is 2.33. The van der Waals surface area contributed by atoms with E-state index in [0.29, 0.717) is 53.0 Å². The third-order valence-electron chi connectivity index (χ3n) is 5.86. The first-order chi connectivity index (χ1) is 16.1. The summed E-state index contributed by atoms with van der Waals surface area (Å²) < 4.78 is 25.5. The number of hydrogen-bond donors (Lipinski definition) is 0. The number of carbonyl (C=O) groups is 1. The molecule has 1 aliphatic heterocycles. The molecular weight excluding hydrogens is 441 g/mol. The predicted octanol–water partition coefficient (Wildman–Crippen LogP) is 4.58. The number of ether oxygens (including phenoxy) is 2. The lowest BCUT2D eigenvalue weighted by molar-refractivity contribution is 0.0391. The Kier molecular flexibility index (Phi) is 6.22. The second-order valence-electron chi connectivity index (χ2n) is 7.92. The van der Waals surface area contributed by atoms with Crippen molar-refractivity contribution in [3.05, 3.63) is 66.0 Å². The summed E-state index contributed by atoms with van der Waals surface area (Å²) in [4.78, 5) is 22.5. The van der Waals surface area contributed by atoms with Crippen LogP contribution in [-0.2, 0) is 4.74 Å². The number of fused-ring (bicyclic) bond motifs is 2. The lowest BCUT2D eigenvalue weighted by atomic mass is 10.0. The summed E-state index contributed by atoms with van der Waals surface area (Å²) in [5, 5.41) is 2.51. The van der Waals surface area contributed by atoms with Gasteiger partial charge in [-0.25, -0.2) is 9.37 Å². The maximum Gasteiger partial charge on any atom is 0.263 e. The van der Waals surface area contributed by atoms with Crippen molar-refractivity contribution >= 4 is 43.4 Å². The Morgan fingerprint density at radius 2 is 1.91 bits per heavy atom. The van der Waals surface area contributed by atoms with E-state index in [9.17, 15) is 9.18 Å². The van der Waals surface area contributed by atoms with E-state index >= 15 is 0 Å². The highest BCUT2D eigenvalue weighted by molar-refractivity contribution is 7.22. The van der Waals surface area contributed by atoms with Crippen molar-refractivity contribution in [2.75, 3.05) is 51.4 Å². The molecule has 0 N–H and O–H groups in total. The maximum atomic E-state index is 13.9. The summed E-state index contributed by atoms with van der Waals surface area (Å²) in [6, 6.07) is 16.1. The zero-order chi connectivity index (χ0) is 22.8. The van der Waals surface area contributed by atoms with Gasteiger partial charge in [0.1, 0.15) is 11.6 Å². The van der Waals surface area contributed by atoms with Crippen LogP contribution in [0.15, 0.2) is 54.6 Å². The Labute approximate surface area is 195 Å². The Bertz CT molecular complexity index is 1300. The van der Waals surface area contributed by atoms with Crippen molar-refractivity contribution < 1.29 is 18.7 Å². The van der Waals surface area contributed by atoms with Gasteiger partial charge in [-0.1, -0.05) is 35.6 Å². The molecule has 1 saturated heterocycles. The highest BCUT2D eigenvalue weighted by Gasteiger charge is 2.25. The quantitative estimate of drug-likeness (QED) is 0.417. The van der Waals surface area contributed by atoms with Crippen LogP contribution < -0.4 is 9.64 Å². The molecule has 4 aromatic rings. The average Bonchev–Trinajstić information content (AvgIpc) is 3.26. The maximum absolute atomic E-state index is 13.9. The molecule has 0 radical (unpaired) electrons. The van der Waals surface area contributed by atoms with Gasteiger partial charge in [0.25, 0.3) is 5.91 Å². The zero-order valence-electron chi connectivity index (χ0n) is 18.3. The molecule has 5 rings (SSSR count). The molecule has 0 saturated carbocycles. The van der Waals surface area contributed by atoms with Crippen LogP contribution in [0.5, 0.6) is 5.75 Å². The number of hydrogen-bond acceptors (Lipinski definition) is 6. The molecule has 0 spiro atoms. The molecule has 6 nitrogen and oxygen atoms in total. The molecule has 1 aliphatic rings. The number of rotatable bonds is 6. The third-order valence-corrected chi connectivity index (χ3v) is 6.90. The summed E-state index contributed by atoms with van der Waals surface area (Å²) in [5.74, 6) is 0.00714. The average molecular weight is 466 g/mol. The van der Waals surface area contributed by atoms with Crippen LogP contribution in [0.3, 0.4) is 0 Å². The molecule has 1 amide bonds. The van der Waals surface area contributed by atoms with Crippen LogP contribution >= 0.6 is 11.3 Å². The van der Waals surface area contributed by atoms with Crippen LogP contribution in [0.25, 0.3) is 21.0 Å². The van der Waals surface area contributed by atoms with Crippen molar-refractivity contribution in [3.63, 3.8) is 0 Å². The highest BCUT2D eigenvalue weighted by atomic mass is 32.1. The van der Waals surface area contributed by atoms with Gasteiger partial charge in [-0.3, -0.25) is 14.6 Å². The molecule has 170 valence electrons. The van der Waals surface area contributed by atoms with Crippen molar-refractivity contribution in [3.8, 4) is 5.75 Å². The number of nitrogens with zero attached hydrogens (tertiary/aromatic N) is 3. The molecule has 2 heterocycles. The summed E-state index contributed by atoms with van der Waals surface area (Å²) in [5.41, 5.74) is 1.15. The summed E-state index contributed by atoms with van der Waals surface area (Å²) in [6.07, 6.45) is 0. The van der Waals surface area contributed by atoms with E-state index in [0.717, 1.165) is 23.9 Å². The van der Waals surface area contributed by atoms with Gasteiger partial charge >= 0.3 is 0 Å². The van der Waals surface area contributed by atoms with Gasteiger partial charge in [-0.05, 0) is 41.1 Å². The second-order valence-corrected chi connectivity index (χ2v) is 8.93. The Hall–Kier alpha value is -3.07. The van der Waals surface area contributed by atoms with Gasteiger partial charge in [0.2, 0.25) is 0 Å². The minimum Gasteiger partial charge on any atom is -0.496 e. The first kappa shape index (κ1) is 21.8. The van der Waals surface area contributed by atoms with Crippen LogP contribution in [0, 0.1) is 5.82 Å². The number of carbonyl (C=O) groups excluding carboxylic acids is 1. The standard InChI is InChI=1S/C25H24FN3O3S/c1-31-22-15-18-5-3-2-4-17(18)14-20(22)24(30)29(9-8-28-10-12-32-13-11-28)25-27-21-7-6-19(26)16-23(21)33-25/h2-7,14-16H,8-13H2,1H3. The first-order valence-electron chi connectivity index (χ1n) is 10.9. The zero-order valence-corrected chi connectivity index (χ0v) is 19.1. The molecule has 8 heteroatoms. The Morgan fingerprint density at radius 1 is 1.15 bits per heavy atom. The number of thiazole rings is 1. The SMILES string of the molecule is COc1cc2ccccc2cc1C(=O)N(CCN1CCOCC1)c1nc2ccc(F)cc2s1. The fourth-order valence-electron chi connectivity index (χ4n) is 4.05. The smallest absolute Gasteiger partial charge is 0.263 e. The van der Waals surface area contributed by atoms with E-state index in [1.54, 1.807) is 18.1 Å². The van der Waals surface area contributed by atoms with Crippen molar-refractivity contribution in [1.29, 1.82) is 0 Å². The number of amides is 1. The topological polar surface area (TPSA) is 54.9 Å². The molecular formula is C25H24FN3O3S. The normalized spacial score (nSPS) is 14.6. The van der Waals surface area contributed by atoms with E-state index in [1.807, 2.05) is 36.4 Å². The van der Waals surface area contributed by atoms with Crippen molar-refractivity contribution in [2.45, 2.75) is 0 Å². The third kappa shape index (κ3) is 4.55. The van der Waals surface area contributed by atoms with Crippen LogP contribution in [0.1, 0.15) is 10.4 Å². The van der Waals surface area contributed by atoms with E-state index in [4.69, 9.17) is 9.47 Å². The minimum absolute atomic E-state index is 0.189. The van der Waals surface area contributed by atoms with Gasteiger partial charge in [0.05, 0.1) is 36.1 Å². The summed E-state index contributed by atoms with van der Waals surface area (Å²) >= 11 is 1.32. The monoisotopic (exact) mass is 465 g/mol. The summed E-state index contributed by atoms with van der Waals surface area (Å²) in [7, 11) is 1.57. The summed E-state index contributed by atoms with van der Waals surface area (Å²) in [6.45, 7) is 4.17. The molecule has 1 fully saturated rings. The van der Waals surface area contributed by atoms with E-state index in [2.05, 4.69) is 9.88 Å². The van der Waals surface area contributed by atoms with E-state index in [-0.39, 0.29) is 11.7 Å².